The van der Waals surface area contributed by atoms with E-state index in [-0.39, 0.29) is 12.3 Å². The number of unbranched alkanes of at least 4 members (excludes halogenated alkanes) is 18. The van der Waals surface area contributed by atoms with E-state index in [0.717, 1.165) is 44.9 Å². The van der Waals surface area contributed by atoms with Crippen LogP contribution in [0.4, 0.5) is 0 Å². The molecule has 0 aromatic rings. The summed E-state index contributed by atoms with van der Waals surface area (Å²) in [4.78, 5) is 23.1. The van der Waals surface area contributed by atoms with E-state index >= 15 is 0 Å². The van der Waals surface area contributed by atoms with Crippen LogP contribution in [-0.2, 0) is 18.4 Å². The fourth-order valence-corrected chi connectivity index (χ4v) is 6.87. The average Bonchev–Trinajstić information content (AvgIpc) is 3.06. The van der Waals surface area contributed by atoms with Gasteiger partial charge in [0, 0.05) is 6.42 Å². The van der Waals surface area contributed by atoms with Crippen molar-refractivity contribution in [2.45, 2.75) is 197 Å². The number of carbonyl (C=O) groups is 1. The van der Waals surface area contributed by atoms with Crippen molar-refractivity contribution < 1.29 is 53.9 Å². The van der Waals surface area contributed by atoms with Crippen LogP contribution in [-0.4, -0.2) is 96.8 Å². The summed E-state index contributed by atoms with van der Waals surface area (Å²) < 4.78 is 22.7. The summed E-state index contributed by atoms with van der Waals surface area (Å²) in [6.07, 6.45) is 13.1. The summed E-state index contributed by atoms with van der Waals surface area (Å²) in [6.45, 7) is 3.75. The predicted molar refractivity (Wildman–Crippen MR) is 186 cm³/mol. The molecule has 1 amide bonds. The summed E-state index contributed by atoms with van der Waals surface area (Å²) in [5.41, 5.74) is 0. The topological polar surface area (TPSA) is 206 Å². The van der Waals surface area contributed by atoms with E-state index in [1.165, 1.54) is 83.1 Å². The molecule has 1 saturated carbocycles. The highest BCUT2D eigenvalue weighted by Crippen LogP contribution is 2.47. The fraction of sp³-hybridized carbons (Fsp3) is 0.914. The molecule has 0 heterocycles. The molecule has 12 nitrogen and oxygen atoms in total. The Kier molecular flexibility index (Phi) is 25.2. The van der Waals surface area contributed by atoms with Crippen molar-refractivity contribution >= 4 is 13.7 Å². The molecule has 0 spiro atoms. The molecule has 1 aliphatic rings. The van der Waals surface area contributed by atoms with E-state index < -0.39 is 63.2 Å². The van der Waals surface area contributed by atoms with Crippen molar-refractivity contribution in [3.8, 4) is 0 Å². The van der Waals surface area contributed by atoms with Gasteiger partial charge < -0.3 is 40.8 Å². The Morgan fingerprint density at radius 2 is 1.10 bits per heavy atom. The van der Waals surface area contributed by atoms with Crippen LogP contribution in [0, 0.1) is 0 Å². The third kappa shape index (κ3) is 19.5. The van der Waals surface area contributed by atoms with Gasteiger partial charge in [-0.15, -0.1) is 0 Å². The number of phosphoric ester groups is 1. The third-order valence-corrected chi connectivity index (χ3v) is 10.1. The molecule has 284 valence electrons. The van der Waals surface area contributed by atoms with Crippen molar-refractivity contribution in [2.75, 3.05) is 6.61 Å². The van der Waals surface area contributed by atoms with E-state index in [2.05, 4.69) is 19.2 Å². The quantitative estimate of drug-likeness (QED) is 0.0297. The Hall–Kier alpha value is -0.920. The number of carbonyl (C=O) groups excluding carboxylic acids is 1. The number of hydrogen-bond donors (Lipinski definition) is 8. The molecule has 13 heteroatoms. The van der Waals surface area contributed by atoms with Crippen LogP contribution in [0.15, 0.2) is 12.2 Å². The van der Waals surface area contributed by atoms with E-state index in [1.54, 1.807) is 0 Å². The number of phosphoric acid groups is 1. The molecule has 0 saturated heterocycles. The Morgan fingerprint density at radius 1 is 0.688 bits per heavy atom. The average molecular weight is 710 g/mol. The maximum atomic E-state index is 12.8. The zero-order valence-corrected chi connectivity index (χ0v) is 30.4. The number of aliphatic hydroxyl groups excluding tert-OH is 6. The Morgan fingerprint density at radius 3 is 1.58 bits per heavy atom. The van der Waals surface area contributed by atoms with Crippen LogP contribution in [0.5, 0.6) is 0 Å². The zero-order valence-electron chi connectivity index (χ0n) is 29.5. The van der Waals surface area contributed by atoms with Gasteiger partial charge in [0.25, 0.3) is 0 Å². The SMILES string of the molecule is CCCCCCCCCCCC/C=C/[C@@H](O)[C@H](COP(=O)(O)OC1C(O)C(O)C(O)[C@@H](O)C1O)NC(=O)CCCCCCCCCCC. The summed E-state index contributed by atoms with van der Waals surface area (Å²) in [7, 11) is -5.06. The van der Waals surface area contributed by atoms with E-state index in [9.17, 15) is 44.9 Å². The lowest BCUT2D eigenvalue weighted by atomic mass is 9.85. The molecular weight excluding hydrogens is 641 g/mol. The number of nitrogens with one attached hydrogen (secondary N) is 1. The monoisotopic (exact) mass is 709 g/mol. The normalized spacial score (nSPS) is 25.6. The van der Waals surface area contributed by atoms with Crippen LogP contribution in [0.2, 0.25) is 0 Å². The van der Waals surface area contributed by atoms with Crippen LogP contribution >= 0.6 is 7.82 Å². The first-order valence-electron chi connectivity index (χ1n) is 18.6. The molecule has 1 aliphatic carbocycles. The van der Waals surface area contributed by atoms with Crippen LogP contribution < -0.4 is 5.32 Å². The molecule has 0 aliphatic heterocycles. The second kappa shape index (κ2) is 26.8. The number of aliphatic hydroxyl groups is 6. The first-order chi connectivity index (χ1) is 22.9. The number of amides is 1. The van der Waals surface area contributed by atoms with Crippen molar-refractivity contribution in [3.63, 3.8) is 0 Å². The molecular formula is C35H68NO11P. The molecule has 1 fully saturated rings. The van der Waals surface area contributed by atoms with Gasteiger partial charge in [-0.3, -0.25) is 13.8 Å². The van der Waals surface area contributed by atoms with Gasteiger partial charge in [-0.05, 0) is 19.3 Å². The van der Waals surface area contributed by atoms with Crippen LogP contribution in [0.25, 0.3) is 0 Å². The maximum absolute atomic E-state index is 12.8. The fourth-order valence-electron chi connectivity index (χ4n) is 5.90. The third-order valence-electron chi connectivity index (χ3n) is 9.07. The first kappa shape index (κ1) is 45.1. The van der Waals surface area contributed by atoms with Crippen molar-refractivity contribution in [1.29, 1.82) is 0 Å². The van der Waals surface area contributed by atoms with Crippen LogP contribution in [0.3, 0.4) is 0 Å². The molecule has 0 radical (unpaired) electrons. The number of rotatable bonds is 29. The lowest BCUT2D eigenvalue weighted by molar-refractivity contribution is -0.220. The zero-order chi connectivity index (χ0) is 35.8. The predicted octanol–water partition coefficient (Wildman–Crippen LogP) is 4.94. The molecule has 9 atom stereocenters. The standard InChI is InChI=1S/C35H68NO11P/c1-3-5-7-9-11-13-14-15-17-18-20-22-24-28(37)27(36-29(38)25-23-21-19-16-12-10-8-6-4-2)26-46-48(44,45)47-35-33(42)31(40)30(39)32(41)34(35)43/h22,24,27-28,30-35,37,39-43H,3-21,23,25-26H2,1-2H3,(H,36,38)(H,44,45)/b24-22+/t27-,28+,30?,31+,32?,33?,34?,35?/m0/s1. The molecule has 6 unspecified atom stereocenters. The summed E-state index contributed by atoms with van der Waals surface area (Å²) in [5, 5.41) is 63.5. The minimum Gasteiger partial charge on any atom is -0.387 e. The summed E-state index contributed by atoms with van der Waals surface area (Å²) in [5.74, 6) is -0.347. The minimum absolute atomic E-state index is 0.215. The smallest absolute Gasteiger partial charge is 0.387 e. The van der Waals surface area contributed by atoms with Crippen molar-refractivity contribution in [1.82, 2.24) is 5.32 Å². The minimum atomic E-state index is -5.06. The largest absolute Gasteiger partial charge is 0.472 e. The highest BCUT2D eigenvalue weighted by molar-refractivity contribution is 7.47. The lowest BCUT2D eigenvalue weighted by Crippen LogP contribution is -2.64. The van der Waals surface area contributed by atoms with Gasteiger partial charge in [-0.1, -0.05) is 135 Å². The Bertz CT molecular complexity index is 879. The molecule has 48 heavy (non-hydrogen) atoms. The van der Waals surface area contributed by atoms with Gasteiger partial charge in [-0.2, -0.15) is 0 Å². The van der Waals surface area contributed by atoms with Gasteiger partial charge in [0.05, 0.1) is 18.8 Å². The van der Waals surface area contributed by atoms with E-state index in [4.69, 9.17) is 9.05 Å². The molecule has 0 bridgehead atoms. The first-order valence-corrected chi connectivity index (χ1v) is 20.1. The summed E-state index contributed by atoms with van der Waals surface area (Å²) >= 11 is 0. The van der Waals surface area contributed by atoms with E-state index in [1.807, 2.05) is 6.08 Å². The van der Waals surface area contributed by atoms with Crippen molar-refractivity contribution in [2.24, 2.45) is 0 Å². The number of allylic oxidation sites excluding steroid dienone is 1. The molecule has 8 N–H and O–H groups in total. The lowest BCUT2D eigenvalue weighted by Gasteiger charge is -2.41. The Balaban J connectivity index is 2.64. The van der Waals surface area contributed by atoms with Crippen LogP contribution in [0.1, 0.15) is 149 Å². The Labute approximate surface area is 288 Å². The molecule has 0 aromatic carbocycles. The van der Waals surface area contributed by atoms with Gasteiger partial charge in [0.15, 0.2) is 0 Å². The maximum Gasteiger partial charge on any atom is 0.472 e. The number of hydrogen-bond acceptors (Lipinski definition) is 10. The molecule has 0 aromatic heterocycles. The molecule has 1 rings (SSSR count). The van der Waals surface area contributed by atoms with Crippen molar-refractivity contribution in [3.05, 3.63) is 12.2 Å². The summed E-state index contributed by atoms with van der Waals surface area (Å²) in [6, 6.07) is -1.11. The highest BCUT2D eigenvalue weighted by Gasteiger charge is 2.51. The van der Waals surface area contributed by atoms with Gasteiger partial charge >= 0.3 is 7.82 Å². The van der Waals surface area contributed by atoms with Gasteiger partial charge in [0.2, 0.25) is 5.91 Å². The van der Waals surface area contributed by atoms with Gasteiger partial charge in [0.1, 0.15) is 36.6 Å². The second-order valence-electron chi connectivity index (χ2n) is 13.4. The van der Waals surface area contributed by atoms with Gasteiger partial charge in [-0.25, -0.2) is 4.57 Å². The second-order valence-corrected chi connectivity index (χ2v) is 14.8. The highest BCUT2D eigenvalue weighted by atomic mass is 31.2. The van der Waals surface area contributed by atoms with E-state index in [0.29, 0.717) is 6.42 Å².